The molecule has 0 spiro atoms. The van der Waals surface area contributed by atoms with E-state index in [1.165, 1.54) is 0 Å². The van der Waals surface area contributed by atoms with Gasteiger partial charge in [-0.15, -0.1) is 0 Å². The van der Waals surface area contributed by atoms with Gasteiger partial charge in [0.25, 0.3) is 5.91 Å². The van der Waals surface area contributed by atoms with Crippen molar-refractivity contribution in [1.82, 2.24) is 0 Å². The number of carbonyl (C=O) groups is 3. The number of benzene rings is 2. The van der Waals surface area contributed by atoms with Crippen molar-refractivity contribution in [3.8, 4) is 5.75 Å². The van der Waals surface area contributed by atoms with Crippen LogP contribution in [0.3, 0.4) is 0 Å². The fraction of sp³-hybridized carbons (Fsp3) is 0.167. The third kappa shape index (κ3) is 4.45. The molecule has 2 N–H and O–H groups in total. The molecule has 25 heavy (non-hydrogen) atoms. The number of ether oxygens (including phenoxy) is 1. The minimum atomic E-state index is -0.270. The summed E-state index contributed by atoms with van der Waals surface area (Å²) in [7, 11) is 0. The Labute approximate surface area is 152 Å². The largest absolute Gasteiger partial charge is 0.482 e. The van der Waals surface area contributed by atoms with Gasteiger partial charge in [-0.2, -0.15) is 0 Å². The molecule has 7 heteroatoms. The van der Waals surface area contributed by atoms with Crippen molar-refractivity contribution < 1.29 is 19.1 Å². The Morgan fingerprint density at radius 2 is 1.88 bits per heavy atom. The zero-order chi connectivity index (χ0) is 17.8. The van der Waals surface area contributed by atoms with Crippen LogP contribution >= 0.6 is 15.9 Å². The summed E-state index contributed by atoms with van der Waals surface area (Å²) in [6.07, 6.45) is 0.201. The van der Waals surface area contributed by atoms with E-state index in [1.807, 2.05) is 0 Å². The number of ketones is 1. The number of fused-ring (bicyclic) bond motifs is 1. The van der Waals surface area contributed by atoms with Crippen molar-refractivity contribution in [1.29, 1.82) is 0 Å². The molecule has 1 aliphatic rings. The highest BCUT2D eigenvalue weighted by Crippen LogP contribution is 2.30. The number of Topliss-reactive ketones (excluding diaryl/α,β-unsaturated/α-hetero) is 1. The lowest BCUT2D eigenvalue weighted by Crippen LogP contribution is -2.25. The van der Waals surface area contributed by atoms with Crippen LogP contribution < -0.4 is 15.4 Å². The van der Waals surface area contributed by atoms with Crippen LogP contribution in [0.2, 0.25) is 0 Å². The molecule has 0 saturated heterocycles. The minimum Gasteiger partial charge on any atom is -0.482 e. The van der Waals surface area contributed by atoms with Gasteiger partial charge in [-0.25, -0.2) is 0 Å². The Hall–Kier alpha value is -2.67. The molecule has 0 bridgehead atoms. The monoisotopic (exact) mass is 402 g/mol. The second-order valence-electron chi connectivity index (χ2n) is 5.53. The van der Waals surface area contributed by atoms with Gasteiger partial charge in [-0.1, -0.05) is 28.1 Å². The van der Waals surface area contributed by atoms with Crippen LogP contribution in [0.15, 0.2) is 46.9 Å². The first-order valence-corrected chi connectivity index (χ1v) is 8.46. The van der Waals surface area contributed by atoms with E-state index in [-0.39, 0.29) is 37.0 Å². The first kappa shape index (κ1) is 17.2. The summed E-state index contributed by atoms with van der Waals surface area (Å²) in [5, 5.41) is 5.39. The fourth-order valence-electron chi connectivity index (χ4n) is 2.39. The third-order valence-corrected chi connectivity index (χ3v) is 4.17. The summed E-state index contributed by atoms with van der Waals surface area (Å²) in [5.41, 5.74) is 1.62. The molecule has 1 aliphatic heterocycles. The van der Waals surface area contributed by atoms with E-state index < -0.39 is 0 Å². The molecular formula is C18H15BrN2O4. The molecule has 0 fully saturated rings. The zero-order valence-corrected chi connectivity index (χ0v) is 14.8. The van der Waals surface area contributed by atoms with Crippen molar-refractivity contribution in [2.75, 3.05) is 17.2 Å². The molecule has 6 nitrogen and oxygen atoms in total. The van der Waals surface area contributed by atoms with E-state index >= 15 is 0 Å². The normalized spacial score (nSPS) is 12.6. The Balaban J connectivity index is 1.56. The highest BCUT2D eigenvalue weighted by atomic mass is 79.9. The maximum atomic E-state index is 12.1. The summed E-state index contributed by atoms with van der Waals surface area (Å²) in [6, 6.07) is 12.0. The average Bonchev–Trinajstić information content (AvgIpc) is 2.60. The summed E-state index contributed by atoms with van der Waals surface area (Å²) >= 11 is 3.31. The summed E-state index contributed by atoms with van der Waals surface area (Å²) in [4.78, 5) is 35.5. The lowest BCUT2D eigenvalue weighted by Gasteiger charge is -2.18. The van der Waals surface area contributed by atoms with Crippen molar-refractivity contribution in [2.45, 2.75) is 12.8 Å². The lowest BCUT2D eigenvalue weighted by atomic mass is 10.1. The van der Waals surface area contributed by atoms with Crippen molar-refractivity contribution in [2.24, 2.45) is 0 Å². The second kappa shape index (κ2) is 7.48. The summed E-state index contributed by atoms with van der Waals surface area (Å²) in [6.45, 7) is -0.0170. The number of nitrogens with one attached hydrogen (secondary N) is 2. The number of amides is 2. The van der Waals surface area contributed by atoms with E-state index in [9.17, 15) is 14.4 Å². The number of halogens is 1. The van der Waals surface area contributed by atoms with Gasteiger partial charge in [0.1, 0.15) is 5.75 Å². The average molecular weight is 403 g/mol. The highest BCUT2D eigenvalue weighted by Gasteiger charge is 2.16. The van der Waals surface area contributed by atoms with Crippen molar-refractivity contribution in [3.05, 3.63) is 52.5 Å². The molecule has 0 atom stereocenters. The number of rotatable bonds is 5. The Bertz CT molecular complexity index is 833. The molecule has 2 amide bonds. The van der Waals surface area contributed by atoms with Crippen molar-refractivity contribution >= 4 is 44.9 Å². The van der Waals surface area contributed by atoms with Gasteiger partial charge in [0, 0.05) is 28.6 Å². The van der Waals surface area contributed by atoms with E-state index in [0.29, 0.717) is 22.7 Å². The van der Waals surface area contributed by atoms with Crippen LogP contribution in [0, 0.1) is 0 Å². The Morgan fingerprint density at radius 3 is 2.64 bits per heavy atom. The van der Waals surface area contributed by atoms with E-state index in [1.54, 1.807) is 42.5 Å². The Kier molecular flexibility index (Phi) is 5.14. The molecule has 0 aromatic heterocycles. The van der Waals surface area contributed by atoms with Gasteiger partial charge in [-0.3, -0.25) is 14.4 Å². The molecule has 0 radical (unpaired) electrons. The van der Waals surface area contributed by atoms with Crippen LogP contribution in [0.25, 0.3) is 0 Å². The topological polar surface area (TPSA) is 84.5 Å². The number of anilines is 2. The Morgan fingerprint density at radius 1 is 1.12 bits per heavy atom. The molecule has 1 heterocycles. The molecule has 0 unspecified atom stereocenters. The van der Waals surface area contributed by atoms with Crippen LogP contribution in [0.5, 0.6) is 5.75 Å². The number of carbonyl (C=O) groups excluding carboxylic acids is 3. The zero-order valence-electron chi connectivity index (χ0n) is 13.2. The first-order chi connectivity index (χ1) is 12.0. The van der Waals surface area contributed by atoms with E-state index in [2.05, 4.69) is 26.6 Å². The lowest BCUT2D eigenvalue weighted by molar-refractivity contribution is -0.118. The molecule has 128 valence electrons. The van der Waals surface area contributed by atoms with Gasteiger partial charge in [0.05, 0.1) is 5.69 Å². The number of hydrogen-bond donors (Lipinski definition) is 2. The minimum absolute atomic E-state index is 0.0170. The fourth-order valence-corrected chi connectivity index (χ4v) is 2.66. The van der Waals surface area contributed by atoms with Crippen LogP contribution in [-0.2, 0) is 9.59 Å². The van der Waals surface area contributed by atoms with E-state index in [4.69, 9.17) is 4.74 Å². The molecular weight excluding hydrogens is 388 g/mol. The predicted molar refractivity (Wildman–Crippen MR) is 96.9 cm³/mol. The molecule has 2 aromatic carbocycles. The van der Waals surface area contributed by atoms with Crippen molar-refractivity contribution in [3.63, 3.8) is 0 Å². The third-order valence-electron chi connectivity index (χ3n) is 3.64. The smallest absolute Gasteiger partial charge is 0.262 e. The maximum Gasteiger partial charge on any atom is 0.262 e. The van der Waals surface area contributed by atoms with Gasteiger partial charge in [0.2, 0.25) is 5.91 Å². The van der Waals surface area contributed by atoms with Gasteiger partial charge in [0.15, 0.2) is 12.4 Å². The first-order valence-electron chi connectivity index (χ1n) is 7.66. The second-order valence-corrected chi connectivity index (χ2v) is 6.44. The highest BCUT2D eigenvalue weighted by molar-refractivity contribution is 9.10. The molecule has 0 aliphatic carbocycles. The summed E-state index contributed by atoms with van der Waals surface area (Å²) in [5.74, 6) is -0.0405. The van der Waals surface area contributed by atoms with Crippen LogP contribution in [0.1, 0.15) is 23.2 Å². The predicted octanol–water partition coefficient (Wildman–Crippen LogP) is 3.38. The van der Waals surface area contributed by atoms with E-state index in [0.717, 1.165) is 4.47 Å². The van der Waals surface area contributed by atoms with Crippen LogP contribution in [-0.4, -0.2) is 24.2 Å². The molecule has 3 rings (SSSR count). The summed E-state index contributed by atoms with van der Waals surface area (Å²) < 4.78 is 6.15. The standard InChI is InChI=1S/C18H15BrN2O4/c19-12-3-1-11(2-4-12)15(22)6-8-17(23)20-13-5-7-16-14(9-13)21-18(24)10-25-16/h1-5,7,9H,6,8,10H2,(H,20,23)(H,21,24). The van der Waals surface area contributed by atoms with Crippen LogP contribution in [0.4, 0.5) is 11.4 Å². The molecule has 2 aromatic rings. The van der Waals surface area contributed by atoms with Gasteiger partial charge in [-0.05, 0) is 30.3 Å². The number of hydrogen-bond acceptors (Lipinski definition) is 4. The molecule has 0 saturated carbocycles. The van der Waals surface area contributed by atoms with Gasteiger partial charge < -0.3 is 15.4 Å². The quantitative estimate of drug-likeness (QED) is 0.750. The van der Waals surface area contributed by atoms with Gasteiger partial charge >= 0.3 is 0 Å². The SMILES string of the molecule is O=C(CCC(=O)c1ccc(Br)cc1)Nc1ccc2c(c1)NC(=O)CO2. The maximum absolute atomic E-state index is 12.1.